The Morgan fingerprint density at radius 1 is 1.21 bits per heavy atom. The van der Waals surface area contributed by atoms with E-state index in [1.54, 1.807) is 7.11 Å². The molecule has 19 heavy (non-hydrogen) atoms. The molecule has 2 rings (SSSR count). The molecule has 0 aromatic heterocycles. The SMILES string of the molecule is COCCCNCC(C)N1CCCC1C1CCCC1. The quantitative estimate of drug-likeness (QED) is 0.685. The highest BCUT2D eigenvalue weighted by Gasteiger charge is 2.35. The summed E-state index contributed by atoms with van der Waals surface area (Å²) >= 11 is 0. The highest BCUT2D eigenvalue weighted by molar-refractivity contribution is 4.90. The average Bonchev–Trinajstić information content (AvgIpc) is 3.08. The van der Waals surface area contributed by atoms with Crippen molar-refractivity contribution in [1.29, 1.82) is 0 Å². The largest absolute Gasteiger partial charge is 0.385 e. The zero-order chi connectivity index (χ0) is 13.5. The second kappa shape index (κ2) is 8.23. The normalized spacial score (nSPS) is 27.2. The maximum atomic E-state index is 5.08. The Morgan fingerprint density at radius 3 is 2.74 bits per heavy atom. The van der Waals surface area contributed by atoms with Crippen LogP contribution in [0.25, 0.3) is 0 Å². The summed E-state index contributed by atoms with van der Waals surface area (Å²) in [6.07, 6.45) is 9.88. The van der Waals surface area contributed by atoms with E-state index < -0.39 is 0 Å². The first-order valence-corrected chi connectivity index (χ1v) is 8.28. The highest BCUT2D eigenvalue weighted by Crippen LogP contribution is 2.36. The van der Waals surface area contributed by atoms with E-state index in [1.165, 1.54) is 45.1 Å². The van der Waals surface area contributed by atoms with E-state index in [2.05, 4.69) is 17.1 Å². The monoisotopic (exact) mass is 268 g/mol. The van der Waals surface area contributed by atoms with Gasteiger partial charge < -0.3 is 10.1 Å². The number of nitrogens with one attached hydrogen (secondary N) is 1. The van der Waals surface area contributed by atoms with Crippen molar-refractivity contribution in [1.82, 2.24) is 10.2 Å². The summed E-state index contributed by atoms with van der Waals surface area (Å²) in [5.74, 6) is 0.999. The molecule has 3 heteroatoms. The predicted octanol–water partition coefficient (Wildman–Crippen LogP) is 2.66. The summed E-state index contributed by atoms with van der Waals surface area (Å²) in [4.78, 5) is 2.79. The van der Waals surface area contributed by atoms with E-state index in [9.17, 15) is 0 Å². The minimum absolute atomic E-state index is 0.690. The Balaban J connectivity index is 1.69. The van der Waals surface area contributed by atoms with Crippen molar-refractivity contribution < 1.29 is 4.74 Å². The topological polar surface area (TPSA) is 24.5 Å². The van der Waals surface area contributed by atoms with Gasteiger partial charge in [-0.25, -0.2) is 0 Å². The summed E-state index contributed by atoms with van der Waals surface area (Å²) in [5, 5.41) is 3.59. The van der Waals surface area contributed by atoms with Crippen LogP contribution in [0.1, 0.15) is 51.9 Å². The predicted molar refractivity (Wildman–Crippen MR) is 80.5 cm³/mol. The minimum atomic E-state index is 0.690. The Bertz CT molecular complexity index is 241. The van der Waals surface area contributed by atoms with E-state index in [0.717, 1.165) is 38.1 Å². The molecule has 1 N–H and O–H groups in total. The lowest BCUT2D eigenvalue weighted by Crippen LogP contribution is -2.45. The summed E-state index contributed by atoms with van der Waals surface area (Å²) in [6, 6.07) is 1.58. The molecule has 0 amide bonds. The fraction of sp³-hybridized carbons (Fsp3) is 1.00. The van der Waals surface area contributed by atoms with E-state index >= 15 is 0 Å². The van der Waals surface area contributed by atoms with E-state index in [4.69, 9.17) is 4.74 Å². The van der Waals surface area contributed by atoms with Crippen LogP contribution in [-0.4, -0.2) is 50.3 Å². The van der Waals surface area contributed by atoms with Gasteiger partial charge >= 0.3 is 0 Å². The van der Waals surface area contributed by atoms with E-state index in [-0.39, 0.29) is 0 Å². The van der Waals surface area contributed by atoms with Gasteiger partial charge in [0.1, 0.15) is 0 Å². The fourth-order valence-corrected chi connectivity index (χ4v) is 3.98. The Morgan fingerprint density at radius 2 is 2.00 bits per heavy atom. The first kappa shape index (κ1) is 15.3. The number of rotatable bonds is 8. The lowest BCUT2D eigenvalue weighted by Gasteiger charge is -2.34. The molecule has 3 nitrogen and oxygen atoms in total. The van der Waals surface area contributed by atoms with Gasteiger partial charge in [0.05, 0.1) is 0 Å². The molecule has 0 aromatic rings. The molecule has 0 bridgehead atoms. The van der Waals surface area contributed by atoms with Crippen LogP contribution in [0.2, 0.25) is 0 Å². The third kappa shape index (κ3) is 4.44. The van der Waals surface area contributed by atoms with Crippen molar-refractivity contribution in [3.63, 3.8) is 0 Å². The van der Waals surface area contributed by atoms with Crippen molar-refractivity contribution in [2.45, 2.75) is 64.0 Å². The van der Waals surface area contributed by atoms with Gasteiger partial charge in [0.15, 0.2) is 0 Å². The van der Waals surface area contributed by atoms with Gasteiger partial charge in [-0.15, -0.1) is 0 Å². The standard InChI is InChI=1S/C16H32N2O/c1-14(13-17-10-6-12-19-2)18-11-5-9-16(18)15-7-3-4-8-15/h14-17H,3-13H2,1-2H3. The van der Waals surface area contributed by atoms with Crippen LogP contribution in [0.4, 0.5) is 0 Å². The van der Waals surface area contributed by atoms with Crippen LogP contribution in [0.15, 0.2) is 0 Å². The average molecular weight is 268 g/mol. The first-order valence-electron chi connectivity index (χ1n) is 8.28. The second-order valence-corrected chi connectivity index (χ2v) is 6.39. The zero-order valence-corrected chi connectivity index (χ0v) is 12.9. The molecule has 1 saturated carbocycles. The van der Waals surface area contributed by atoms with Crippen LogP contribution in [0.5, 0.6) is 0 Å². The third-order valence-corrected chi connectivity index (χ3v) is 4.99. The number of methoxy groups -OCH3 is 1. The number of hydrogen-bond donors (Lipinski definition) is 1. The molecule has 2 unspecified atom stereocenters. The lowest BCUT2D eigenvalue weighted by atomic mass is 9.95. The maximum Gasteiger partial charge on any atom is 0.0474 e. The fourth-order valence-electron chi connectivity index (χ4n) is 3.98. The molecule has 2 fully saturated rings. The molecule has 1 heterocycles. The Hall–Kier alpha value is -0.120. The molecule has 1 aliphatic carbocycles. The molecule has 1 saturated heterocycles. The van der Waals surface area contributed by atoms with Crippen LogP contribution in [0, 0.1) is 5.92 Å². The molecule has 0 spiro atoms. The molecule has 1 aliphatic heterocycles. The van der Waals surface area contributed by atoms with Crippen LogP contribution >= 0.6 is 0 Å². The molecular weight excluding hydrogens is 236 g/mol. The molecule has 2 aliphatic rings. The number of ether oxygens (including phenoxy) is 1. The van der Waals surface area contributed by atoms with Crippen molar-refractivity contribution in [2.75, 3.05) is 33.4 Å². The first-order chi connectivity index (χ1) is 9.33. The number of hydrogen-bond acceptors (Lipinski definition) is 3. The molecule has 2 atom stereocenters. The maximum absolute atomic E-state index is 5.08. The molecule has 0 radical (unpaired) electrons. The van der Waals surface area contributed by atoms with Crippen molar-refractivity contribution in [3.05, 3.63) is 0 Å². The van der Waals surface area contributed by atoms with Crippen molar-refractivity contribution in [3.8, 4) is 0 Å². The molecular formula is C16H32N2O. The molecule has 112 valence electrons. The lowest BCUT2D eigenvalue weighted by molar-refractivity contribution is 0.140. The van der Waals surface area contributed by atoms with Gasteiger partial charge in [0.2, 0.25) is 0 Å². The minimum Gasteiger partial charge on any atom is -0.385 e. The molecule has 0 aromatic carbocycles. The number of nitrogens with zero attached hydrogens (tertiary/aromatic N) is 1. The van der Waals surface area contributed by atoms with Gasteiger partial charge in [0, 0.05) is 32.3 Å². The summed E-state index contributed by atoms with van der Waals surface area (Å²) in [7, 11) is 1.78. The van der Waals surface area contributed by atoms with Gasteiger partial charge in [-0.1, -0.05) is 12.8 Å². The van der Waals surface area contributed by atoms with Crippen molar-refractivity contribution >= 4 is 0 Å². The smallest absolute Gasteiger partial charge is 0.0474 e. The third-order valence-electron chi connectivity index (χ3n) is 4.99. The summed E-state index contributed by atoms with van der Waals surface area (Å²) < 4.78 is 5.08. The number of likely N-dealkylation sites (tertiary alicyclic amines) is 1. The van der Waals surface area contributed by atoms with Crippen LogP contribution in [-0.2, 0) is 4.74 Å². The van der Waals surface area contributed by atoms with E-state index in [1.807, 2.05) is 0 Å². The summed E-state index contributed by atoms with van der Waals surface area (Å²) in [6.45, 7) is 6.81. The van der Waals surface area contributed by atoms with Crippen molar-refractivity contribution in [2.24, 2.45) is 5.92 Å². The van der Waals surface area contributed by atoms with Gasteiger partial charge in [-0.2, -0.15) is 0 Å². The zero-order valence-electron chi connectivity index (χ0n) is 12.9. The summed E-state index contributed by atoms with van der Waals surface area (Å²) in [5.41, 5.74) is 0. The van der Waals surface area contributed by atoms with E-state index in [0.29, 0.717) is 6.04 Å². The van der Waals surface area contributed by atoms with Crippen LogP contribution < -0.4 is 5.32 Å². The Labute approximate surface area is 119 Å². The highest BCUT2D eigenvalue weighted by atomic mass is 16.5. The van der Waals surface area contributed by atoms with Gasteiger partial charge in [-0.05, 0) is 58.0 Å². The van der Waals surface area contributed by atoms with Crippen LogP contribution in [0.3, 0.4) is 0 Å². The van der Waals surface area contributed by atoms with Gasteiger partial charge in [0.25, 0.3) is 0 Å². The van der Waals surface area contributed by atoms with Gasteiger partial charge in [-0.3, -0.25) is 4.90 Å². The Kier molecular flexibility index (Phi) is 6.62. The second-order valence-electron chi connectivity index (χ2n) is 6.39.